The molecule has 0 aliphatic heterocycles. The number of aromatic nitrogens is 3. The topological polar surface area (TPSA) is 86.1 Å². The second kappa shape index (κ2) is 9.89. The average molecular weight is 423 g/mol. The zero-order valence-corrected chi connectivity index (χ0v) is 17.6. The Morgan fingerprint density at radius 1 is 1.20 bits per heavy atom. The summed E-state index contributed by atoms with van der Waals surface area (Å²) < 4.78 is 6.63. The Balaban J connectivity index is 1.70. The zero-order chi connectivity index (χ0) is 21.5. The van der Waals surface area contributed by atoms with Gasteiger partial charge in [-0.25, -0.2) is 4.79 Å². The molecule has 154 valence electrons. The van der Waals surface area contributed by atoms with Crippen molar-refractivity contribution in [3.63, 3.8) is 0 Å². The van der Waals surface area contributed by atoms with Gasteiger partial charge < -0.3 is 10.1 Å². The van der Waals surface area contributed by atoms with Gasteiger partial charge in [-0.05, 0) is 31.2 Å². The molecule has 0 bridgehead atoms. The summed E-state index contributed by atoms with van der Waals surface area (Å²) in [6.45, 7) is 6.36. The van der Waals surface area contributed by atoms with Crippen molar-refractivity contribution >= 4 is 29.3 Å². The first kappa shape index (κ1) is 21.3. The molecule has 0 radical (unpaired) electrons. The number of amides is 1. The Kier molecular flexibility index (Phi) is 7.03. The SMILES string of the molecule is C=CCn1c(SCC(=O)Nc2cccc(C(=O)OC)c2)nnc1-c1cccc(C)c1. The molecule has 0 aliphatic rings. The van der Waals surface area contributed by atoms with E-state index in [1.165, 1.54) is 18.9 Å². The lowest BCUT2D eigenvalue weighted by Gasteiger charge is -2.09. The number of allylic oxidation sites excluding steroid dienone is 1. The fourth-order valence-electron chi connectivity index (χ4n) is 2.86. The molecule has 30 heavy (non-hydrogen) atoms. The van der Waals surface area contributed by atoms with Crippen molar-refractivity contribution in [3.8, 4) is 11.4 Å². The first-order valence-corrected chi connectivity index (χ1v) is 10.2. The lowest BCUT2D eigenvalue weighted by molar-refractivity contribution is -0.113. The monoisotopic (exact) mass is 422 g/mol. The Labute approximate surface area is 179 Å². The molecular formula is C22H22N4O3S. The molecule has 0 aliphatic carbocycles. The predicted octanol–water partition coefficient (Wildman–Crippen LogP) is 3.96. The molecule has 3 aromatic rings. The highest BCUT2D eigenvalue weighted by Gasteiger charge is 2.15. The van der Waals surface area contributed by atoms with Crippen LogP contribution >= 0.6 is 11.8 Å². The molecule has 0 saturated carbocycles. The van der Waals surface area contributed by atoms with Gasteiger partial charge in [0.15, 0.2) is 11.0 Å². The number of nitrogens with one attached hydrogen (secondary N) is 1. The van der Waals surface area contributed by atoms with Crippen LogP contribution in [-0.4, -0.2) is 39.5 Å². The normalized spacial score (nSPS) is 10.5. The van der Waals surface area contributed by atoms with Crippen LogP contribution in [0.25, 0.3) is 11.4 Å². The van der Waals surface area contributed by atoms with E-state index in [0.29, 0.717) is 23.0 Å². The van der Waals surface area contributed by atoms with E-state index in [2.05, 4.69) is 22.1 Å². The van der Waals surface area contributed by atoms with Gasteiger partial charge in [-0.2, -0.15) is 0 Å². The van der Waals surface area contributed by atoms with Gasteiger partial charge >= 0.3 is 5.97 Å². The van der Waals surface area contributed by atoms with E-state index >= 15 is 0 Å². The van der Waals surface area contributed by atoms with Crippen molar-refractivity contribution in [1.29, 1.82) is 0 Å². The summed E-state index contributed by atoms with van der Waals surface area (Å²) in [5, 5.41) is 12.0. The van der Waals surface area contributed by atoms with Gasteiger partial charge in [0.1, 0.15) is 0 Å². The van der Waals surface area contributed by atoms with Crippen molar-refractivity contribution < 1.29 is 14.3 Å². The molecule has 8 heteroatoms. The van der Waals surface area contributed by atoms with E-state index in [0.717, 1.165) is 17.0 Å². The number of rotatable bonds is 8. The van der Waals surface area contributed by atoms with Crippen LogP contribution in [0.15, 0.2) is 66.3 Å². The number of nitrogens with zero attached hydrogens (tertiary/aromatic N) is 3. The van der Waals surface area contributed by atoms with E-state index in [1.807, 2.05) is 35.8 Å². The number of hydrogen-bond acceptors (Lipinski definition) is 6. The Morgan fingerprint density at radius 3 is 2.73 bits per heavy atom. The van der Waals surface area contributed by atoms with Crippen molar-refractivity contribution in [3.05, 3.63) is 72.3 Å². The van der Waals surface area contributed by atoms with Crippen LogP contribution in [0, 0.1) is 6.92 Å². The van der Waals surface area contributed by atoms with Gasteiger partial charge in [-0.1, -0.05) is 47.7 Å². The average Bonchev–Trinajstić information content (AvgIpc) is 3.15. The number of carbonyl (C=O) groups is 2. The number of anilines is 1. The zero-order valence-electron chi connectivity index (χ0n) is 16.8. The smallest absolute Gasteiger partial charge is 0.337 e. The molecule has 0 fully saturated rings. The minimum atomic E-state index is -0.457. The molecule has 1 heterocycles. The minimum absolute atomic E-state index is 0.144. The van der Waals surface area contributed by atoms with Crippen LogP contribution in [0.3, 0.4) is 0 Å². The van der Waals surface area contributed by atoms with Crippen LogP contribution in [0.4, 0.5) is 5.69 Å². The Morgan fingerprint density at radius 2 is 2.00 bits per heavy atom. The number of ether oxygens (including phenoxy) is 1. The quantitative estimate of drug-likeness (QED) is 0.336. The summed E-state index contributed by atoms with van der Waals surface area (Å²) in [6.07, 6.45) is 1.77. The highest BCUT2D eigenvalue weighted by molar-refractivity contribution is 7.99. The fourth-order valence-corrected chi connectivity index (χ4v) is 3.60. The van der Waals surface area contributed by atoms with Gasteiger partial charge in [0.25, 0.3) is 0 Å². The number of thioether (sulfide) groups is 1. The van der Waals surface area contributed by atoms with E-state index < -0.39 is 5.97 Å². The molecule has 7 nitrogen and oxygen atoms in total. The third-order valence-corrected chi connectivity index (χ3v) is 5.17. The summed E-state index contributed by atoms with van der Waals surface area (Å²) in [5.41, 5.74) is 2.98. The number of benzene rings is 2. The van der Waals surface area contributed by atoms with E-state index in [-0.39, 0.29) is 11.7 Å². The molecule has 1 aromatic heterocycles. The largest absolute Gasteiger partial charge is 0.465 e. The molecule has 2 aromatic carbocycles. The first-order chi connectivity index (χ1) is 14.5. The van der Waals surface area contributed by atoms with E-state index in [1.54, 1.807) is 30.3 Å². The molecule has 1 amide bonds. The number of aryl methyl sites for hydroxylation is 1. The van der Waals surface area contributed by atoms with E-state index in [9.17, 15) is 9.59 Å². The number of hydrogen-bond donors (Lipinski definition) is 1. The lowest BCUT2D eigenvalue weighted by atomic mass is 10.1. The standard InChI is InChI=1S/C22H22N4O3S/c1-4-11-26-20(16-8-5-7-15(2)12-16)24-25-22(26)30-14-19(27)23-18-10-6-9-17(13-18)21(28)29-3/h4-10,12-13H,1,11,14H2,2-3H3,(H,23,27). The highest BCUT2D eigenvalue weighted by Crippen LogP contribution is 2.25. The Hall–Kier alpha value is -3.39. The fraction of sp³-hybridized carbons (Fsp3) is 0.182. The number of esters is 1. The molecule has 1 N–H and O–H groups in total. The number of methoxy groups -OCH3 is 1. The molecular weight excluding hydrogens is 400 g/mol. The van der Waals surface area contributed by atoms with E-state index in [4.69, 9.17) is 4.74 Å². The maximum Gasteiger partial charge on any atom is 0.337 e. The maximum atomic E-state index is 12.4. The maximum absolute atomic E-state index is 12.4. The lowest BCUT2D eigenvalue weighted by Crippen LogP contribution is -2.15. The summed E-state index contributed by atoms with van der Waals surface area (Å²) >= 11 is 1.29. The minimum Gasteiger partial charge on any atom is -0.465 e. The summed E-state index contributed by atoms with van der Waals surface area (Å²) in [5.74, 6) is 0.201. The van der Waals surface area contributed by atoms with Gasteiger partial charge in [0, 0.05) is 17.8 Å². The third-order valence-electron chi connectivity index (χ3n) is 4.20. The predicted molar refractivity (Wildman–Crippen MR) is 118 cm³/mol. The number of carbonyl (C=O) groups excluding carboxylic acids is 2. The molecule has 0 spiro atoms. The Bertz CT molecular complexity index is 1080. The summed E-state index contributed by atoms with van der Waals surface area (Å²) in [4.78, 5) is 24.0. The first-order valence-electron chi connectivity index (χ1n) is 9.24. The van der Waals surface area contributed by atoms with Crippen molar-refractivity contribution in [1.82, 2.24) is 14.8 Å². The van der Waals surface area contributed by atoms with Crippen LogP contribution < -0.4 is 5.32 Å². The molecule has 0 unspecified atom stereocenters. The van der Waals surface area contributed by atoms with Crippen LogP contribution in [0.2, 0.25) is 0 Å². The third kappa shape index (κ3) is 5.15. The van der Waals surface area contributed by atoms with Crippen LogP contribution in [0.1, 0.15) is 15.9 Å². The summed E-state index contributed by atoms with van der Waals surface area (Å²) in [7, 11) is 1.31. The van der Waals surface area contributed by atoms with Crippen LogP contribution in [0.5, 0.6) is 0 Å². The van der Waals surface area contributed by atoms with Gasteiger partial charge in [-0.3, -0.25) is 9.36 Å². The van der Waals surface area contributed by atoms with Gasteiger partial charge in [-0.15, -0.1) is 16.8 Å². The van der Waals surface area contributed by atoms with Crippen molar-refractivity contribution in [2.24, 2.45) is 0 Å². The highest BCUT2D eigenvalue weighted by atomic mass is 32.2. The van der Waals surface area contributed by atoms with Gasteiger partial charge in [0.05, 0.1) is 18.4 Å². The van der Waals surface area contributed by atoms with Crippen molar-refractivity contribution in [2.75, 3.05) is 18.2 Å². The summed E-state index contributed by atoms with van der Waals surface area (Å²) in [6, 6.07) is 14.6. The molecule has 0 atom stereocenters. The van der Waals surface area contributed by atoms with Crippen molar-refractivity contribution in [2.45, 2.75) is 18.6 Å². The molecule has 3 rings (SSSR count). The second-order valence-electron chi connectivity index (χ2n) is 6.48. The van der Waals surface area contributed by atoms with Gasteiger partial charge in [0.2, 0.25) is 5.91 Å². The molecule has 0 saturated heterocycles. The van der Waals surface area contributed by atoms with Crippen LogP contribution in [-0.2, 0) is 16.1 Å². The second-order valence-corrected chi connectivity index (χ2v) is 7.43.